The average molecular weight is 294 g/mol. The largest absolute Gasteiger partial charge is 0.433 e. The number of nitrogens with zero attached hydrogens (tertiary/aromatic N) is 3. The van der Waals surface area contributed by atoms with Crippen molar-refractivity contribution in [2.75, 3.05) is 24.3 Å². The van der Waals surface area contributed by atoms with Crippen LogP contribution in [0.5, 0.6) is 5.75 Å². The first-order valence-electron chi connectivity index (χ1n) is 6.28. The van der Waals surface area contributed by atoms with Crippen molar-refractivity contribution in [2.45, 2.75) is 13.5 Å². The quantitative estimate of drug-likeness (QED) is 0.917. The van der Waals surface area contributed by atoms with Gasteiger partial charge >= 0.3 is 6.61 Å². The molecule has 21 heavy (non-hydrogen) atoms. The molecule has 0 saturated heterocycles. The number of anilines is 3. The lowest BCUT2D eigenvalue weighted by atomic mass is 10.2. The first-order chi connectivity index (χ1) is 9.95. The molecule has 0 radical (unpaired) electrons. The van der Waals surface area contributed by atoms with Gasteiger partial charge in [0, 0.05) is 26.0 Å². The van der Waals surface area contributed by atoms with Crippen LogP contribution in [0.1, 0.15) is 5.82 Å². The highest BCUT2D eigenvalue weighted by Gasteiger charge is 2.12. The van der Waals surface area contributed by atoms with Gasteiger partial charge in [0.2, 0.25) is 0 Å². The number of halogens is 2. The van der Waals surface area contributed by atoms with E-state index in [1.807, 2.05) is 0 Å². The summed E-state index contributed by atoms with van der Waals surface area (Å²) >= 11 is 0. The van der Waals surface area contributed by atoms with E-state index >= 15 is 0 Å². The lowest BCUT2D eigenvalue weighted by Gasteiger charge is -2.19. The highest BCUT2D eigenvalue weighted by Crippen LogP contribution is 2.32. The molecule has 0 fully saturated rings. The van der Waals surface area contributed by atoms with Crippen molar-refractivity contribution in [3.8, 4) is 5.75 Å². The van der Waals surface area contributed by atoms with Gasteiger partial charge in [-0.05, 0) is 31.2 Å². The van der Waals surface area contributed by atoms with Gasteiger partial charge in [-0.2, -0.15) is 8.78 Å². The Morgan fingerprint density at radius 3 is 2.62 bits per heavy atom. The third-order valence-corrected chi connectivity index (χ3v) is 2.71. The molecule has 2 rings (SSSR count). The maximum atomic E-state index is 12.4. The van der Waals surface area contributed by atoms with Crippen molar-refractivity contribution < 1.29 is 13.5 Å². The zero-order valence-corrected chi connectivity index (χ0v) is 12.0. The van der Waals surface area contributed by atoms with Crippen LogP contribution in [-0.4, -0.2) is 30.7 Å². The Morgan fingerprint density at radius 1 is 1.24 bits per heavy atom. The minimum atomic E-state index is -2.85. The van der Waals surface area contributed by atoms with Gasteiger partial charge in [0.15, 0.2) is 0 Å². The second kappa shape index (κ2) is 6.34. The van der Waals surface area contributed by atoms with Gasteiger partial charge in [-0.1, -0.05) is 0 Å². The number of ether oxygens (including phenoxy) is 1. The Hall–Kier alpha value is -2.44. The van der Waals surface area contributed by atoms with Crippen molar-refractivity contribution >= 4 is 17.2 Å². The van der Waals surface area contributed by atoms with Crippen LogP contribution in [0.25, 0.3) is 0 Å². The van der Waals surface area contributed by atoms with E-state index < -0.39 is 6.61 Å². The zero-order chi connectivity index (χ0) is 15.4. The number of aromatic nitrogens is 2. The SMILES string of the molecule is Cc1nccc(Nc2ccc(OC(F)F)c(N(C)C)c2)n1. The van der Waals surface area contributed by atoms with E-state index in [0.717, 1.165) is 5.69 Å². The summed E-state index contributed by atoms with van der Waals surface area (Å²) < 4.78 is 29.3. The number of rotatable bonds is 5. The first-order valence-corrected chi connectivity index (χ1v) is 6.28. The summed E-state index contributed by atoms with van der Waals surface area (Å²) in [5.74, 6) is 1.40. The van der Waals surface area contributed by atoms with Gasteiger partial charge in [0.1, 0.15) is 17.4 Å². The maximum Gasteiger partial charge on any atom is 0.387 e. The van der Waals surface area contributed by atoms with Gasteiger partial charge in [-0.15, -0.1) is 0 Å². The molecule has 0 spiro atoms. The molecule has 7 heteroatoms. The molecule has 0 atom stereocenters. The fourth-order valence-corrected chi connectivity index (χ4v) is 1.81. The smallest absolute Gasteiger partial charge is 0.387 e. The monoisotopic (exact) mass is 294 g/mol. The number of hydrogen-bond donors (Lipinski definition) is 1. The van der Waals surface area contributed by atoms with Crippen molar-refractivity contribution in [3.63, 3.8) is 0 Å². The number of alkyl halides is 2. The first kappa shape index (κ1) is 15.0. The van der Waals surface area contributed by atoms with Crippen molar-refractivity contribution in [2.24, 2.45) is 0 Å². The maximum absolute atomic E-state index is 12.4. The third-order valence-electron chi connectivity index (χ3n) is 2.71. The molecule has 0 aliphatic rings. The van der Waals surface area contributed by atoms with Crippen molar-refractivity contribution in [1.29, 1.82) is 0 Å². The van der Waals surface area contributed by atoms with E-state index in [9.17, 15) is 8.78 Å². The summed E-state index contributed by atoms with van der Waals surface area (Å²) in [7, 11) is 3.51. The van der Waals surface area contributed by atoms with E-state index in [2.05, 4.69) is 20.0 Å². The molecule has 0 aliphatic carbocycles. The topological polar surface area (TPSA) is 50.3 Å². The van der Waals surface area contributed by atoms with E-state index in [4.69, 9.17) is 0 Å². The highest BCUT2D eigenvalue weighted by atomic mass is 19.3. The normalized spacial score (nSPS) is 10.6. The molecule has 0 aliphatic heterocycles. The van der Waals surface area contributed by atoms with Crippen LogP contribution in [-0.2, 0) is 0 Å². The lowest BCUT2D eigenvalue weighted by Crippen LogP contribution is -2.13. The van der Waals surface area contributed by atoms with Crippen LogP contribution < -0.4 is 15.0 Å². The molecule has 0 saturated carbocycles. The Morgan fingerprint density at radius 2 is 2.00 bits per heavy atom. The molecule has 1 heterocycles. The standard InChI is InChI=1S/C14H16F2N4O/c1-9-17-7-6-13(18-9)19-10-4-5-12(21-14(15)16)11(8-10)20(2)3/h4-8,14H,1-3H3,(H,17,18,19). The number of nitrogens with one attached hydrogen (secondary N) is 1. The third kappa shape index (κ3) is 4.01. The molecular formula is C14H16F2N4O. The average Bonchev–Trinajstić information content (AvgIpc) is 2.39. The molecule has 5 nitrogen and oxygen atoms in total. The van der Waals surface area contributed by atoms with Crippen LogP contribution in [0.2, 0.25) is 0 Å². The van der Waals surface area contributed by atoms with E-state index in [1.165, 1.54) is 6.07 Å². The molecule has 2 aromatic rings. The van der Waals surface area contributed by atoms with Crippen LogP contribution in [0, 0.1) is 6.92 Å². The van der Waals surface area contributed by atoms with Gasteiger partial charge in [-0.25, -0.2) is 9.97 Å². The van der Waals surface area contributed by atoms with Gasteiger partial charge in [0.25, 0.3) is 0 Å². The van der Waals surface area contributed by atoms with Gasteiger partial charge < -0.3 is 15.0 Å². The summed E-state index contributed by atoms with van der Waals surface area (Å²) in [6, 6.07) is 6.60. The second-order valence-corrected chi connectivity index (χ2v) is 4.57. The fourth-order valence-electron chi connectivity index (χ4n) is 1.81. The van der Waals surface area contributed by atoms with Crippen LogP contribution in [0.4, 0.5) is 26.0 Å². The van der Waals surface area contributed by atoms with Crippen LogP contribution in [0.3, 0.4) is 0 Å². The van der Waals surface area contributed by atoms with Gasteiger partial charge in [0.05, 0.1) is 5.69 Å². The summed E-state index contributed by atoms with van der Waals surface area (Å²) in [5.41, 5.74) is 1.27. The number of hydrogen-bond acceptors (Lipinski definition) is 5. The molecule has 1 N–H and O–H groups in total. The van der Waals surface area contributed by atoms with E-state index in [1.54, 1.807) is 50.3 Å². The van der Waals surface area contributed by atoms with Gasteiger partial charge in [-0.3, -0.25) is 0 Å². The Labute approximate surface area is 121 Å². The number of aryl methyl sites for hydroxylation is 1. The molecule has 1 aromatic heterocycles. The van der Waals surface area contributed by atoms with E-state index in [-0.39, 0.29) is 5.75 Å². The molecular weight excluding hydrogens is 278 g/mol. The Bertz CT molecular complexity index is 620. The molecule has 0 bridgehead atoms. The van der Waals surface area contributed by atoms with E-state index in [0.29, 0.717) is 17.3 Å². The van der Waals surface area contributed by atoms with Crippen molar-refractivity contribution in [1.82, 2.24) is 9.97 Å². The van der Waals surface area contributed by atoms with Crippen LogP contribution in [0.15, 0.2) is 30.5 Å². The fraction of sp³-hybridized carbons (Fsp3) is 0.286. The number of benzene rings is 1. The Balaban J connectivity index is 2.27. The Kier molecular flexibility index (Phi) is 4.52. The molecule has 112 valence electrons. The summed E-state index contributed by atoms with van der Waals surface area (Å²) in [6.45, 7) is -1.07. The molecule has 1 aromatic carbocycles. The summed E-state index contributed by atoms with van der Waals surface area (Å²) in [6.07, 6.45) is 1.64. The predicted octanol–water partition coefficient (Wildman–Crippen LogP) is 3.20. The highest BCUT2D eigenvalue weighted by molar-refractivity contribution is 5.68. The summed E-state index contributed by atoms with van der Waals surface area (Å²) in [5, 5.41) is 3.10. The minimum Gasteiger partial charge on any atom is -0.433 e. The van der Waals surface area contributed by atoms with Crippen molar-refractivity contribution in [3.05, 3.63) is 36.3 Å². The molecule has 0 amide bonds. The zero-order valence-electron chi connectivity index (χ0n) is 12.0. The van der Waals surface area contributed by atoms with Crippen LogP contribution >= 0.6 is 0 Å². The molecule has 0 unspecified atom stereocenters. The lowest BCUT2D eigenvalue weighted by molar-refractivity contribution is -0.0494. The second-order valence-electron chi connectivity index (χ2n) is 4.57. The minimum absolute atomic E-state index is 0.124. The predicted molar refractivity (Wildman–Crippen MR) is 77.5 cm³/mol. The summed E-state index contributed by atoms with van der Waals surface area (Å²) in [4.78, 5) is 9.94.